The monoisotopic (exact) mass is 343 g/mol. The van der Waals surface area contributed by atoms with Gasteiger partial charge in [0.25, 0.3) is 5.91 Å². The zero-order chi connectivity index (χ0) is 18.2. The van der Waals surface area contributed by atoms with Crippen LogP contribution >= 0.6 is 0 Å². The topological polar surface area (TPSA) is 56.8 Å². The molecule has 134 valence electrons. The van der Waals surface area contributed by atoms with Gasteiger partial charge < -0.3 is 19.5 Å². The predicted octanol–water partition coefficient (Wildman–Crippen LogP) is 3.27. The molecule has 1 amide bonds. The normalized spacial score (nSPS) is 11.5. The summed E-state index contributed by atoms with van der Waals surface area (Å²) in [7, 11) is 1.59. The number of hydrogen-bond donors (Lipinski definition) is 1. The minimum Gasteiger partial charge on any atom is -0.493 e. The number of nitrogens with one attached hydrogen (secondary N) is 1. The SMILES string of the molecule is COc1ccccc1OCCNC(=O)[C@H](C)Oc1cc(C)cc(C)c1. The Kier molecular flexibility index (Phi) is 6.69. The zero-order valence-electron chi connectivity index (χ0n) is 15.2. The zero-order valence-corrected chi connectivity index (χ0v) is 15.2. The molecule has 1 atom stereocenters. The number of aryl methyl sites for hydroxylation is 2. The van der Waals surface area contributed by atoms with Gasteiger partial charge in [0.05, 0.1) is 13.7 Å². The average molecular weight is 343 g/mol. The van der Waals surface area contributed by atoms with Gasteiger partial charge in [0.2, 0.25) is 0 Å². The van der Waals surface area contributed by atoms with Gasteiger partial charge >= 0.3 is 0 Å². The molecule has 5 heteroatoms. The highest BCUT2D eigenvalue weighted by Gasteiger charge is 2.14. The van der Waals surface area contributed by atoms with Crippen molar-refractivity contribution in [2.45, 2.75) is 26.9 Å². The lowest BCUT2D eigenvalue weighted by molar-refractivity contribution is -0.127. The Balaban J connectivity index is 1.77. The molecule has 25 heavy (non-hydrogen) atoms. The van der Waals surface area contributed by atoms with Crippen LogP contribution in [0.25, 0.3) is 0 Å². The lowest BCUT2D eigenvalue weighted by Gasteiger charge is -2.16. The second kappa shape index (κ2) is 8.97. The maximum Gasteiger partial charge on any atom is 0.260 e. The Labute approximate surface area is 148 Å². The first-order valence-electron chi connectivity index (χ1n) is 8.28. The van der Waals surface area contributed by atoms with E-state index in [9.17, 15) is 4.79 Å². The standard InChI is InChI=1S/C20H25NO4/c1-14-11-15(2)13-17(12-14)25-16(3)20(22)21-9-10-24-19-8-6-5-7-18(19)23-4/h5-8,11-13,16H,9-10H2,1-4H3,(H,21,22)/t16-/m0/s1. The highest BCUT2D eigenvalue weighted by atomic mass is 16.5. The first kappa shape index (κ1) is 18.6. The fourth-order valence-corrected chi connectivity index (χ4v) is 2.48. The summed E-state index contributed by atoms with van der Waals surface area (Å²) in [4.78, 5) is 12.1. The van der Waals surface area contributed by atoms with E-state index in [1.165, 1.54) is 0 Å². The average Bonchev–Trinajstić information content (AvgIpc) is 2.57. The molecule has 5 nitrogen and oxygen atoms in total. The summed E-state index contributed by atoms with van der Waals surface area (Å²) in [5.41, 5.74) is 2.21. The van der Waals surface area contributed by atoms with Gasteiger partial charge in [-0.15, -0.1) is 0 Å². The summed E-state index contributed by atoms with van der Waals surface area (Å²) in [6, 6.07) is 13.3. The molecule has 0 spiro atoms. The van der Waals surface area contributed by atoms with Gasteiger partial charge in [-0.1, -0.05) is 18.2 Å². The maximum atomic E-state index is 12.1. The molecule has 0 saturated carbocycles. The summed E-state index contributed by atoms with van der Waals surface area (Å²) in [6.45, 7) is 6.47. The van der Waals surface area contributed by atoms with Crippen molar-refractivity contribution in [3.63, 3.8) is 0 Å². The van der Waals surface area contributed by atoms with E-state index in [0.717, 1.165) is 11.1 Å². The van der Waals surface area contributed by atoms with Crippen molar-refractivity contribution in [1.29, 1.82) is 0 Å². The van der Waals surface area contributed by atoms with Crippen LogP contribution in [-0.4, -0.2) is 32.3 Å². The van der Waals surface area contributed by atoms with Crippen LogP contribution in [0.4, 0.5) is 0 Å². The summed E-state index contributed by atoms with van der Waals surface area (Å²) >= 11 is 0. The third-order valence-electron chi connectivity index (χ3n) is 3.61. The molecule has 0 aliphatic heterocycles. The van der Waals surface area contributed by atoms with Crippen molar-refractivity contribution < 1.29 is 19.0 Å². The highest BCUT2D eigenvalue weighted by Crippen LogP contribution is 2.25. The van der Waals surface area contributed by atoms with Crippen LogP contribution in [0.15, 0.2) is 42.5 Å². The van der Waals surface area contributed by atoms with Gasteiger partial charge in [-0.25, -0.2) is 0 Å². The lowest BCUT2D eigenvalue weighted by Crippen LogP contribution is -2.38. The molecular weight excluding hydrogens is 318 g/mol. The van der Waals surface area contributed by atoms with Crippen LogP contribution in [0.3, 0.4) is 0 Å². The van der Waals surface area contributed by atoms with E-state index in [-0.39, 0.29) is 5.91 Å². The molecular formula is C20H25NO4. The summed E-state index contributed by atoms with van der Waals surface area (Å²) in [5.74, 6) is 1.84. The van der Waals surface area contributed by atoms with Gasteiger partial charge in [0.1, 0.15) is 12.4 Å². The number of amides is 1. The molecule has 0 heterocycles. The van der Waals surface area contributed by atoms with Crippen molar-refractivity contribution in [3.05, 3.63) is 53.6 Å². The first-order valence-corrected chi connectivity index (χ1v) is 8.28. The summed E-state index contributed by atoms with van der Waals surface area (Å²) in [6.07, 6.45) is -0.576. The maximum absolute atomic E-state index is 12.1. The molecule has 2 aromatic carbocycles. The van der Waals surface area contributed by atoms with E-state index in [1.54, 1.807) is 14.0 Å². The van der Waals surface area contributed by atoms with E-state index in [0.29, 0.717) is 30.4 Å². The van der Waals surface area contributed by atoms with E-state index in [1.807, 2.05) is 50.2 Å². The molecule has 0 bridgehead atoms. The molecule has 1 N–H and O–H groups in total. The largest absolute Gasteiger partial charge is 0.493 e. The molecule has 0 saturated heterocycles. The molecule has 0 fully saturated rings. The number of benzene rings is 2. The van der Waals surface area contributed by atoms with Crippen LogP contribution in [-0.2, 0) is 4.79 Å². The first-order chi connectivity index (χ1) is 12.0. The van der Waals surface area contributed by atoms with Crippen LogP contribution in [0.1, 0.15) is 18.1 Å². The Morgan fingerprint density at radius 2 is 1.72 bits per heavy atom. The summed E-state index contributed by atoms with van der Waals surface area (Å²) in [5, 5.41) is 2.81. The van der Waals surface area contributed by atoms with Crippen molar-refractivity contribution in [3.8, 4) is 17.2 Å². The van der Waals surface area contributed by atoms with E-state index >= 15 is 0 Å². The van der Waals surface area contributed by atoms with Crippen LogP contribution in [0.5, 0.6) is 17.2 Å². The van der Waals surface area contributed by atoms with Gasteiger partial charge in [-0.2, -0.15) is 0 Å². The van der Waals surface area contributed by atoms with Crippen LogP contribution in [0, 0.1) is 13.8 Å². The lowest BCUT2D eigenvalue weighted by atomic mass is 10.1. The van der Waals surface area contributed by atoms with Crippen molar-refractivity contribution in [2.75, 3.05) is 20.3 Å². The number of ether oxygens (including phenoxy) is 3. The van der Waals surface area contributed by atoms with Crippen LogP contribution < -0.4 is 19.5 Å². The van der Waals surface area contributed by atoms with E-state index in [4.69, 9.17) is 14.2 Å². The van der Waals surface area contributed by atoms with Gasteiger partial charge in [-0.05, 0) is 56.2 Å². The van der Waals surface area contributed by atoms with Crippen molar-refractivity contribution >= 4 is 5.91 Å². The number of rotatable bonds is 8. The number of para-hydroxylation sites is 2. The quantitative estimate of drug-likeness (QED) is 0.748. The van der Waals surface area contributed by atoms with Crippen LogP contribution in [0.2, 0.25) is 0 Å². The number of methoxy groups -OCH3 is 1. The molecule has 0 unspecified atom stereocenters. The Morgan fingerprint density at radius 1 is 1.08 bits per heavy atom. The fraction of sp³-hybridized carbons (Fsp3) is 0.350. The molecule has 2 aromatic rings. The molecule has 2 rings (SSSR count). The Hall–Kier alpha value is -2.69. The minimum absolute atomic E-state index is 0.178. The molecule has 0 aromatic heterocycles. The van der Waals surface area contributed by atoms with Gasteiger partial charge in [-0.3, -0.25) is 4.79 Å². The Morgan fingerprint density at radius 3 is 2.36 bits per heavy atom. The number of carbonyl (C=O) groups is 1. The second-order valence-electron chi connectivity index (χ2n) is 5.87. The van der Waals surface area contributed by atoms with Gasteiger partial charge in [0.15, 0.2) is 17.6 Å². The fourth-order valence-electron chi connectivity index (χ4n) is 2.48. The van der Waals surface area contributed by atoms with E-state index in [2.05, 4.69) is 11.4 Å². The highest BCUT2D eigenvalue weighted by molar-refractivity contribution is 5.80. The molecule has 0 aliphatic carbocycles. The number of carbonyl (C=O) groups excluding carboxylic acids is 1. The summed E-state index contributed by atoms with van der Waals surface area (Å²) < 4.78 is 16.6. The Bertz CT molecular complexity index is 694. The van der Waals surface area contributed by atoms with Crippen molar-refractivity contribution in [2.24, 2.45) is 0 Å². The number of hydrogen-bond acceptors (Lipinski definition) is 4. The second-order valence-corrected chi connectivity index (χ2v) is 5.87. The predicted molar refractivity (Wildman–Crippen MR) is 97.5 cm³/mol. The molecule has 0 radical (unpaired) electrons. The molecule has 0 aliphatic rings. The third kappa shape index (κ3) is 5.71. The minimum atomic E-state index is -0.576. The third-order valence-corrected chi connectivity index (χ3v) is 3.61. The van der Waals surface area contributed by atoms with Crippen molar-refractivity contribution in [1.82, 2.24) is 5.32 Å². The van der Waals surface area contributed by atoms with E-state index < -0.39 is 6.10 Å². The smallest absolute Gasteiger partial charge is 0.260 e. The van der Waals surface area contributed by atoms with Gasteiger partial charge in [0, 0.05) is 0 Å².